The second kappa shape index (κ2) is 9.03. The summed E-state index contributed by atoms with van der Waals surface area (Å²) in [4.78, 5) is 26.6. The predicted molar refractivity (Wildman–Crippen MR) is 112 cm³/mol. The Morgan fingerprint density at radius 2 is 1.87 bits per heavy atom. The zero-order chi connectivity index (χ0) is 21.8. The quantitative estimate of drug-likeness (QED) is 0.681. The first kappa shape index (κ1) is 20.6. The summed E-state index contributed by atoms with van der Waals surface area (Å²) in [5.74, 6) is -0.269. The maximum atomic E-state index is 14.4. The van der Waals surface area contributed by atoms with Crippen molar-refractivity contribution >= 4 is 12.0 Å². The van der Waals surface area contributed by atoms with Crippen LogP contribution < -0.4 is 5.32 Å². The van der Waals surface area contributed by atoms with E-state index in [-0.39, 0.29) is 23.7 Å². The molecule has 0 unspecified atom stereocenters. The van der Waals surface area contributed by atoms with Gasteiger partial charge in [0.1, 0.15) is 17.1 Å². The fourth-order valence-corrected chi connectivity index (χ4v) is 3.71. The number of para-hydroxylation sites is 1. The number of hydrogen-bond donors (Lipinski definition) is 1. The van der Waals surface area contributed by atoms with Crippen molar-refractivity contribution in [1.82, 2.24) is 24.6 Å². The Morgan fingerprint density at radius 1 is 1.16 bits per heavy atom. The lowest BCUT2D eigenvalue weighted by Crippen LogP contribution is -2.46. The molecular weight excluding hydrogens is 401 g/mol. The number of ether oxygens (including phenoxy) is 1. The number of likely N-dealkylation sites (tertiary alicyclic amines) is 1. The molecule has 3 aromatic rings. The molecule has 0 spiro atoms. The number of hydrogen-bond acceptors (Lipinski definition) is 4. The topological polar surface area (TPSA) is 81.4 Å². The highest BCUT2D eigenvalue weighted by molar-refractivity contribution is 5.97. The van der Waals surface area contributed by atoms with E-state index in [9.17, 15) is 14.0 Å². The maximum absolute atomic E-state index is 14.4. The van der Waals surface area contributed by atoms with E-state index < -0.39 is 5.82 Å². The first-order valence-electron chi connectivity index (χ1n) is 10.3. The molecule has 0 saturated carbocycles. The number of piperidine rings is 1. The Labute approximate surface area is 179 Å². The lowest BCUT2D eigenvalue weighted by Gasteiger charge is -2.31. The van der Waals surface area contributed by atoms with Gasteiger partial charge >= 0.3 is 6.09 Å². The SMILES string of the molecule is CCOC(=O)N1CCC(NC(=O)c2cnn(-c3ccccc3F)c2-n2cccc2)CC1. The maximum Gasteiger partial charge on any atom is 0.409 e. The van der Waals surface area contributed by atoms with E-state index in [1.54, 1.807) is 47.0 Å². The van der Waals surface area contributed by atoms with Crippen LogP contribution in [0.15, 0.2) is 55.0 Å². The third kappa shape index (κ3) is 4.30. The number of amides is 2. The summed E-state index contributed by atoms with van der Waals surface area (Å²) in [6.45, 7) is 3.14. The van der Waals surface area contributed by atoms with Crippen molar-refractivity contribution < 1.29 is 18.7 Å². The summed E-state index contributed by atoms with van der Waals surface area (Å²) >= 11 is 0. The molecule has 1 N–H and O–H groups in total. The fourth-order valence-electron chi connectivity index (χ4n) is 3.71. The molecule has 2 aromatic heterocycles. The van der Waals surface area contributed by atoms with Gasteiger partial charge in [-0.25, -0.2) is 13.9 Å². The van der Waals surface area contributed by atoms with Crippen LogP contribution in [-0.4, -0.2) is 57.0 Å². The van der Waals surface area contributed by atoms with Gasteiger partial charge in [0.25, 0.3) is 5.91 Å². The second-order valence-electron chi connectivity index (χ2n) is 7.27. The Bertz CT molecular complexity index is 1060. The summed E-state index contributed by atoms with van der Waals surface area (Å²) < 4.78 is 22.6. The van der Waals surface area contributed by atoms with Crippen LogP contribution >= 0.6 is 0 Å². The van der Waals surface area contributed by atoms with Crippen LogP contribution in [0.4, 0.5) is 9.18 Å². The van der Waals surface area contributed by atoms with E-state index in [2.05, 4.69) is 10.4 Å². The second-order valence-corrected chi connectivity index (χ2v) is 7.27. The molecule has 4 rings (SSSR count). The molecule has 0 atom stereocenters. The predicted octanol–water partition coefficient (Wildman–Crippen LogP) is 3.15. The van der Waals surface area contributed by atoms with Gasteiger partial charge < -0.3 is 19.5 Å². The molecule has 1 aliphatic heterocycles. The van der Waals surface area contributed by atoms with Gasteiger partial charge in [0.2, 0.25) is 0 Å². The largest absolute Gasteiger partial charge is 0.450 e. The van der Waals surface area contributed by atoms with Crippen molar-refractivity contribution in [3.05, 3.63) is 66.4 Å². The van der Waals surface area contributed by atoms with Crippen molar-refractivity contribution in [2.75, 3.05) is 19.7 Å². The highest BCUT2D eigenvalue weighted by Crippen LogP contribution is 2.22. The first-order chi connectivity index (χ1) is 15.1. The Kier molecular flexibility index (Phi) is 6.01. The number of nitrogens with one attached hydrogen (secondary N) is 1. The minimum absolute atomic E-state index is 0.0764. The van der Waals surface area contributed by atoms with E-state index in [1.807, 2.05) is 12.1 Å². The Morgan fingerprint density at radius 3 is 2.55 bits per heavy atom. The molecule has 0 radical (unpaired) electrons. The summed E-state index contributed by atoms with van der Waals surface area (Å²) in [6, 6.07) is 9.87. The van der Waals surface area contributed by atoms with Gasteiger partial charge in [-0.15, -0.1) is 0 Å². The van der Waals surface area contributed by atoms with Crippen LogP contribution in [0.3, 0.4) is 0 Å². The molecule has 3 heterocycles. The Hall–Kier alpha value is -3.62. The van der Waals surface area contributed by atoms with E-state index in [1.165, 1.54) is 16.9 Å². The summed E-state index contributed by atoms with van der Waals surface area (Å²) in [7, 11) is 0. The van der Waals surface area contributed by atoms with Gasteiger partial charge in [-0.05, 0) is 44.0 Å². The van der Waals surface area contributed by atoms with Gasteiger partial charge in [-0.2, -0.15) is 5.10 Å². The van der Waals surface area contributed by atoms with Gasteiger partial charge in [0.15, 0.2) is 5.82 Å². The van der Waals surface area contributed by atoms with Crippen molar-refractivity contribution in [1.29, 1.82) is 0 Å². The molecule has 1 aromatic carbocycles. The molecule has 1 fully saturated rings. The van der Waals surface area contributed by atoms with Gasteiger partial charge in [0.05, 0.1) is 12.8 Å². The summed E-state index contributed by atoms with van der Waals surface area (Å²) in [5, 5.41) is 7.33. The Balaban J connectivity index is 1.54. The number of aromatic nitrogens is 3. The van der Waals surface area contributed by atoms with Crippen LogP contribution in [0.5, 0.6) is 0 Å². The fraction of sp³-hybridized carbons (Fsp3) is 0.318. The molecular formula is C22H24FN5O3. The number of rotatable bonds is 5. The minimum atomic E-state index is -0.433. The van der Waals surface area contributed by atoms with Gasteiger partial charge in [0, 0.05) is 31.5 Å². The average molecular weight is 425 g/mol. The van der Waals surface area contributed by atoms with Crippen LogP contribution in [-0.2, 0) is 4.74 Å². The van der Waals surface area contributed by atoms with E-state index in [0.717, 1.165) is 0 Å². The highest BCUT2D eigenvalue weighted by Gasteiger charge is 2.27. The summed E-state index contributed by atoms with van der Waals surface area (Å²) in [5.41, 5.74) is 0.597. The van der Waals surface area contributed by atoms with Crippen molar-refractivity contribution in [2.45, 2.75) is 25.8 Å². The van der Waals surface area contributed by atoms with Crippen molar-refractivity contribution in [3.63, 3.8) is 0 Å². The van der Waals surface area contributed by atoms with Gasteiger partial charge in [-0.1, -0.05) is 12.1 Å². The lowest BCUT2D eigenvalue weighted by molar-refractivity contribution is 0.0860. The third-order valence-corrected chi connectivity index (χ3v) is 5.27. The van der Waals surface area contributed by atoms with Crippen molar-refractivity contribution in [3.8, 4) is 11.5 Å². The van der Waals surface area contributed by atoms with Crippen molar-refractivity contribution in [2.24, 2.45) is 0 Å². The third-order valence-electron chi connectivity index (χ3n) is 5.27. The number of carbonyl (C=O) groups excluding carboxylic acids is 2. The molecule has 0 aliphatic carbocycles. The average Bonchev–Trinajstić information content (AvgIpc) is 3.44. The minimum Gasteiger partial charge on any atom is -0.450 e. The molecule has 162 valence electrons. The van der Waals surface area contributed by atoms with E-state index >= 15 is 0 Å². The molecule has 9 heteroatoms. The molecule has 0 bridgehead atoms. The number of carbonyl (C=O) groups is 2. The summed E-state index contributed by atoms with van der Waals surface area (Å²) in [6.07, 6.45) is 5.94. The monoisotopic (exact) mass is 425 g/mol. The lowest BCUT2D eigenvalue weighted by atomic mass is 10.0. The van der Waals surface area contributed by atoms with Crippen LogP contribution in [0.2, 0.25) is 0 Å². The number of benzene rings is 1. The molecule has 1 aliphatic rings. The van der Waals surface area contributed by atoms with E-state index in [4.69, 9.17) is 4.74 Å². The van der Waals surface area contributed by atoms with Crippen LogP contribution in [0.1, 0.15) is 30.1 Å². The zero-order valence-corrected chi connectivity index (χ0v) is 17.2. The number of halogens is 1. The zero-order valence-electron chi connectivity index (χ0n) is 17.2. The molecule has 8 nitrogen and oxygen atoms in total. The normalized spacial score (nSPS) is 14.5. The highest BCUT2D eigenvalue weighted by atomic mass is 19.1. The molecule has 1 saturated heterocycles. The first-order valence-corrected chi connectivity index (χ1v) is 10.3. The van der Waals surface area contributed by atoms with Gasteiger partial charge in [-0.3, -0.25) is 4.79 Å². The smallest absolute Gasteiger partial charge is 0.409 e. The van der Waals surface area contributed by atoms with Crippen LogP contribution in [0.25, 0.3) is 11.5 Å². The van der Waals surface area contributed by atoms with E-state index in [0.29, 0.717) is 43.9 Å². The standard InChI is InChI=1S/C22H24FN5O3/c1-2-31-22(30)27-13-9-16(10-14-27)25-20(29)17-15-24-28(19-8-4-3-7-18(19)23)21(17)26-11-5-6-12-26/h3-8,11-12,15-16H,2,9-10,13-14H2,1H3,(H,25,29). The number of nitrogens with zero attached hydrogens (tertiary/aromatic N) is 4. The molecule has 31 heavy (non-hydrogen) atoms. The van der Waals surface area contributed by atoms with Crippen LogP contribution in [0, 0.1) is 5.82 Å². The molecule has 2 amide bonds.